The van der Waals surface area contributed by atoms with Crippen molar-refractivity contribution in [2.24, 2.45) is 0 Å². The summed E-state index contributed by atoms with van der Waals surface area (Å²) in [6.45, 7) is 3.89. The largest absolute Gasteiger partial charge is 0.321 e. The molecular formula is C15H18N2O2S. The Morgan fingerprint density at radius 2 is 2.00 bits per heavy atom. The molecule has 1 amide bonds. The minimum absolute atomic E-state index is 0.206. The van der Waals surface area contributed by atoms with E-state index in [1.54, 1.807) is 6.92 Å². The SMILES string of the molecule is CCCCc1ccc(NC(=O)c2sc(=O)[nH]c2C)cc1. The van der Waals surface area contributed by atoms with E-state index in [0.29, 0.717) is 10.6 Å². The third kappa shape index (κ3) is 3.57. The molecule has 2 aromatic rings. The lowest BCUT2D eigenvalue weighted by atomic mass is 10.1. The summed E-state index contributed by atoms with van der Waals surface area (Å²) in [4.78, 5) is 26.1. The molecule has 2 N–H and O–H groups in total. The Hall–Kier alpha value is -1.88. The molecule has 0 saturated heterocycles. The van der Waals surface area contributed by atoms with Crippen LogP contribution in [0.1, 0.15) is 40.7 Å². The number of anilines is 1. The van der Waals surface area contributed by atoms with Crippen LogP contribution in [0.5, 0.6) is 0 Å². The van der Waals surface area contributed by atoms with Crippen LogP contribution in [0.2, 0.25) is 0 Å². The summed E-state index contributed by atoms with van der Waals surface area (Å²) in [6, 6.07) is 7.84. The molecule has 0 spiro atoms. The van der Waals surface area contributed by atoms with Gasteiger partial charge in [0.25, 0.3) is 5.91 Å². The third-order valence-electron chi connectivity index (χ3n) is 3.06. The van der Waals surface area contributed by atoms with E-state index < -0.39 is 0 Å². The highest BCUT2D eigenvalue weighted by molar-refractivity contribution is 7.11. The summed E-state index contributed by atoms with van der Waals surface area (Å²) in [6.07, 6.45) is 3.40. The second-order valence-electron chi connectivity index (χ2n) is 4.72. The number of unbranched alkanes of at least 4 members (excludes halogenated alkanes) is 1. The summed E-state index contributed by atoms with van der Waals surface area (Å²) in [7, 11) is 0. The fourth-order valence-corrected chi connectivity index (χ4v) is 2.68. The summed E-state index contributed by atoms with van der Waals surface area (Å²) in [5.41, 5.74) is 2.62. The number of benzene rings is 1. The van der Waals surface area contributed by atoms with E-state index in [9.17, 15) is 9.59 Å². The molecule has 0 aliphatic rings. The van der Waals surface area contributed by atoms with E-state index in [1.165, 1.54) is 18.4 Å². The highest BCUT2D eigenvalue weighted by atomic mass is 32.1. The predicted molar refractivity (Wildman–Crippen MR) is 82.7 cm³/mol. The highest BCUT2D eigenvalue weighted by Gasteiger charge is 2.13. The first-order valence-corrected chi connectivity index (χ1v) is 7.52. The Bertz CT molecular complexity index is 641. The molecule has 0 saturated carbocycles. The number of aromatic amines is 1. The van der Waals surface area contributed by atoms with Gasteiger partial charge in [0, 0.05) is 11.4 Å². The Labute approximate surface area is 121 Å². The smallest absolute Gasteiger partial charge is 0.305 e. The molecule has 0 aliphatic carbocycles. The molecule has 0 fully saturated rings. The topological polar surface area (TPSA) is 62.0 Å². The van der Waals surface area contributed by atoms with Crippen molar-refractivity contribution in [3.05, 3.63) is 50.1 Å². The van der Waals surface area contributed by atoms with Crippen molar-refractivity contribution >= 4 is 22.9 Å². The monoisotopic (exact) mass is 290 g/mol. The first-order valence-electron chi connectivity index (χ1n) is 6.70. The van der Waals surface area contributed by atoms with E-state index >= 15 is 0 Å². The summed E-state index contributed by atoms with van der Waals surface area (Å²) in [5.74, 6) is -0.243. The van der Waals surface area contributed by atoms with Gasteiger partial charge in [0.1, 0.15) is 4.88 Å². The van der Waals surface area contributed by atoms with Gasteiger partial charge in [0.2, 0.25) is 0 Å². The number of aryl methyl sites for hydroxylation is 2. The third-order valence-corrected chi connectivity index (χ3v) is 4.05. The van der Waals surface area contributed by atoms with E-state index in [1.807, 2.05) is 24.3 Å². The Morgan fingerprint density at radius 1 is 1.30 bits per heavy atom. The van der Waals surface area contributed by atoms with Crippen molar-refractivity contribution < 1.29 is 4.79 Å². The van der Waals surface area contributed by atoms with Gasteiger partial charge in [0.15, 0.2) is 0 Å². The average Bonchev–Trinajstić information content (AvgIpc) is 2.77. The second-order valence-corrected chi connectivity index (χ2v) is 5.71. The van der Waals surface area contributed by atoms with Gasteiger partial charge in [-0.25, -0.2) is 0 Å². The standard InChI is InChI=1S/C15H18N2O2S/c1-3-4-5-11-6-8-12(9-7-11)17-14(18)13-10(2)16-15(19)20-13/h6-9H,3-5H2,1-2H3,(H,16,19)(H,17,18). The number of hydrogen-bond acceptors (Lipinski definition) is 3. The van der Waals surface area contributed by atoms with Crippen molar-refractivity contribution in [1.82, 2.24) is 4.98 Å². The number of amides is 1. The number of thiazole rings is 1. The first kappa shape index (κ1) is 14.5. The molecule has 1 aromatic carbocycles. The predicted octanol–water partition coefficient (Wildman–Crippen LogP) is 3.34. The minimum atomic E-state index is -0.243. The van der Waals surface area contributed by atoms with Crippen molar-refractivity contribution in [2.45, 2.75) is 33.1 Å². The maximum atomic E-state index is 12.0. The minimum Gasteiger partial charge on any atom is -0.321 e. The number of aromatic nitrogens is 1. The quantitative estimate of drug-likeness (QED) is 0.887. The normalized spacial score (nSPS) is 10.5. The van der Waals surface area contributed by atoms with Crippen LogP contribution in [0.3, 0.4) is 0 Å². The molecule has 1 aromatic heterocycles. The van der Waals surface area contributed by atoms with Crippen molar-refractivity contribution in [1.29, 1.82) is 0 Å². The van der Waals surface area contributed by atoms with Crippen LogP contribution in [-0.4, -0.2) is 10.9 Å². The zero-order chi connectivity index (χ0) is 14.5. The van der Waals surface area contributed by atoms with Gasteiger partial charge in [-0.2, -0.15) is 0 Å². The van der Waals surface area contributed by atoms with Crippen LogP contribution in [0.15, 0.2) is 29.1 Å². The molecular weight excluding hydrogens is 272 g/mol. The Kier molecular flexibility index (Phi) is 4.74. The molecule has 0 unspecified atom stereocenters. The van der Waals surface area contributed by atoms with Crippen LogP contribution >= 0.6 is 11.3 Å². The van der Waals surface area contributed by atoms with Gasteiger partial charge < -0.3 is 10.3 Å². The Morgan fingerprint density at radius 3 is 2.55 bits per heavy atom. The number of carbonyl (C=O) groups excluding carboxylic acids is 1. The summed E-state index contributed by atoms with van der Waals surface area (Å²) < 4.78 is 0. The van der Waals surface area contributed by atoms with E-state index in [4.69, 9.17) is 0 Å². The van der Waals surface area contributed by atoms with Crippen molar-refractivity contribution in [2.75, 3.05) is 5.32 Å². The average molecular weight is 290 g/mol. The molecule has 0 atom stereocenters. The number of rotatable bonds is 5. The van der Waals surface area contributed by atoms with Gasteiger partial charge in [0.05, 0.1) is 0 Å². The van der Waals surface area contributed by atoms with Crippen molar-refractivity contribution in [3.8, 4) is 0 Å². The number of carbonyl (C=O) groups is 1. The number of H-pyrrole nitrogens is 1. The van der Waals surface area contributed by atoms with Gasteiger partial charge in [-0.3, -0.25) is 9.59 Å². The molecule has 0 radical (unpaired) electrons. The van der Waals surface area contributed by atoms with Gasteiger partial charge in [-0.15, -0.1) is 0 Å². The molecule has 5 heteroatoms. The van der Waals surface area contributed by atoms with Gasteiger partial charge >= 0.3 is 4.87 Å². The van der Waals surface area contributed by atoms with E-state index in [2.05, 4.69) is 17.2 Å². The highest BCUT2D eigenvalue weighted by Crippen LogP contribution is 2.15. The molecule has 4 nitrogen and oxygen atoms in total. The lowest BCUT2D eigenvalue weighted by Gasteiger charge is -2.05. The number of hydrogen-bond donors (Lipinski definition) is 2. The van der Waals surface area contributed by atoms with Crippen LogP contribution < -0.4 is 10.2 Å². The maximum Gasteiger partial charge on any atom is 0.305 e. The van der Waals surface area contributed by atoms with Gasteiger partial charge in [-0.05, 0) is 37.5 Å². The zero-order valence-electron chi connectivity index (χ0n) is 11.7. The first-order chi connectivity index (χ1) is 9.60. The van der Waals surface area contributed by atoms with E-state index in [-0.39, 0.29) is 10.8 Å². The molecule has 106 valence electrons. The fraction of sp³-hybridized carbons (Fsp3) is 0.333. The summed E-state index contributed by atoms with van der Waals surface area (Å²) >= 11 is 0.933. The second kappa shape index (κ2) is 6.52. The van der Waals surface area contributed by atoms with Crippen molar-refractivity contribution in [3.63, 3.8) is 0 Å². The lowest BCUT2D eigenvalue weighted by Crippen LogP contribution is -2.11. The molecule has 20 heavy (non-hydrogen) atoms. The molecule has 0 aliphatic heterocycles. The Balaban J connectivity index is 2.04. The van der Waals surface area contributed by atoms with Gasteiger partial charge in [-0.1, -0.05) is 36.8 Å². The fourth-order valence-electron chi connectivity index (χ4n) is 1.94. The molecule has 0 bridgehead atoms. The van der Waals surface area contributed by atoms with Crippen LogP contribution in [0, 0.1) is 6.92 Å². The molecule has 1 heterocycles. The summed E-state index contributed by atoms with van der Waals surface area (Å²) in [5, 5.41) is 2.81. The maximum absolute atomic E-state index is 12.0. The van der Waals surface area contributed by atoms with Crippen LogP contribution in [-0.2, 0) is 6.42 Å². The lowest BCUT2D eigenvalue weighted by molar-refractivity contribution is 0.103. The number of nitrogens with one attached hydrogen (secondary N) is 2. The van der Waals surface area contributed by atoms with Crippen LogP contribution in [0.4, 0.5) is 5.69 Å². The zero-order valence-corrected chi connectivity index (χ0v) is 12.5. The molecule has 2 rings (SSSR count). The van der Waals surface area contributed by atoms with E-state index in [0.717, 1.165) is 23.4 Å². The van der Waals surface area contributed by atoms with Crippen LogP contribution in [0.25, 0.3) is 0 Å².